The van der Waals surface area contributed by atoms with Crippen molar-refractivity contribution in [3.05, 3.63) is 12.7 Å². The average molecular weight is 291 g/mol. The molecule has 2 rings (SSSR count). The molecule has 7 nitrogen and oxygen atoms in total. The van der Waals surface area contributed by atoms with Crippen molar-refractivity contribution < 1.29 is 9.53 Å². The third kappa shape index (κ3) is 4.76. The minimum absolute atomic E-state index is 0.0658. The molecule has 1 aromatic rings. The summed E-state index contributed by atoms with van der Waals surface area (Å²) in [5.41, 5.74) is 0. The molecular formula is C14H21N5O2. The molecule has 2 heterocycles. The van der Waals surface area contributed by atoms with Gasteiger partial charge in [-0.25, -0.2) is 9.78 Å². The summed E-state index contributed by atoms with van der Waals surface area (Å²) in [7, 11) is 0. The van der Waals surface area contributed by atoms with Crippen LogP contribution in [0.15, 0.2) is 12.7 Å². The van der Waals surface area contributed by atoms with Crippen molar-refractivity contribution in [2.24, 2.45) is 0 Å². The van der Waals surface area contributed by atoms with Crippen LogP contribution in [0.1, 0.15) is 19.8 Å². The van der Waals surface area contributed by atoms with Gasteiger partial charge in [0.2, 0.25) is 0 Å². The van der Waals surface area contributed by atoms with Crippen LogP contribution in [0.3, 0.4) is 0 Å². The van der Waals surface area contributed by atoms with Crippen molar-refractivity contribution in [2.75, 3.05) is 19.7 Å². The summed E-state index contributed by atoms with van der Waals surface area (Å²) in [5.74, 6) is 2.52. The molecule has 0 aliphatic carbocycles. The Morgan fingerprint density at radius 3 is 3.19 bits per heavy atom. The lowest BCUT2D eigenvalue weighted by molar-refractivity contribution is 0.0840. The number of nitrogens with one attached hydrogen (secondary N) is 1. The van der Waals surface area contributed by atoms with Crippen molar-refractivity contribution in [1.29, 1.82) is 0 Å². The summed E-state index contributed by atoms with van der Waals surface area (Å²) in [6, 6.07) is -0.236. The summed E-state index contributed by atoms with van der Waals surface area (Å²) in [5, 5.41) is 6.94. The van der Waals surface area contributed by atoms with Crippen LogP contribution in [0.2, 0.25) is 0 Å². The van der Waals surface area contributed by atoms with Gasteiger partial charge < -0.3 is 15.0 Å². The molecule has 0 aromatic carbocycles. The molecule has 7 heteroatoms. The van der Waals surface area contributed by atoms with E-state index in [4.69, 9.17) is 11.2 Å². The Hall–Kier alpha value is -2.07. The molecule has 114 valence electrons. The second-order valence-corrected chi connectivity index (χ2v) is 5.19. The molecule has 1 N–H and O–H groups in total. The number of carbonyl (C=O) groups is 1. The Balaban J connectivity index is 1.83. The van der Waals surface area contributed by atoms with Crippen LogP contribution in [0.4, 0.5) is 4.79 Å². The number of nitrogens with zero attached hydrogens (tertiary/aromatic N) is 4. The van der Waals surface area contributed by atoms with Gasteiger partial charge in [-0.1, -0.05) is 5.92 Å². The maximum atomic E-state index is 12.3. The number of carbonyl (C=O) groups excluding carboxylic acids is 1. The third-order valence-corrected chi connectivity index (χ3v) is 3.31. The number of terminal acetylenes is 1. The molecule has 0 radical (unpaired) electrons. The molecule has 1 saturated heterocycles. The van der Waals surface area contributed by atoms with Crippen LogP contribution in [-0.4, -0.2) is 57.5 Å². The highest BCUT2D eigenvalue weighted by Gasteiger charge is 2.22. The van der Waals surface area contributed by atoms with Crippen molar-refractivity contribution in [3.8, 4) is 12.3 Å². The predicted octanol–water partition coefficient (Wildman–Crippen LogP) is 0.490. The highest BCUT2D eigenvalue weighted by atomic mass is 16.5. The van der Waals surface area contributed by atoms with Gasteiger partial charge in [0.25, 0.3) is 0 Å². The normalized spacial score (nSPS) is 19.0. The summed E-state index contributed by atoms with van der Waals surface area (Å²) in [6.07, 6.45) is 10.5. The first-order valence-electron chi connectivity index (χ1n) is 7.12. The second kappa shape index (κ2) is 7.64. The first-order chi connectivity index (χ1) is 10.2. The first kappa shape index (κ1) is 15.3. The Morgan fingerprint density at radius 1 is 1.71 bits per heavy atom. The smallest absolute Gasteiger partial charge is 0.318 e. The van der Waals surface area contributed by atoms with Crippen molar-refractivity contribution in [3.63, 3.8) is 0 Å². The molecule has 2 amide bonds. The standard InChI is InChI=1S/C14H21N5O2/c1-3-6-18(9-13-5-4-7-21-13)14(20)17-12(2)8-19-11-15-10-16-19/h1,10-13H,4-9H2,2H3,(H,17,20)/t12-,13+/m0/s1. The van der Waals surface area contributed by atoms with E-state index in [2.05, 4.69) is 21.3 Å². The van der Waals surface area contributed by atoms with Gasteiger partial charge in [-0.15, -0.1) is 6.42 Å². The minimum Gasteiger partial charge on any atom is -0.376 e. The van der Waals surface area contributed by atoms with E-state index in [1.165, 1.54) is 6.33 Å². The maximum Gasteiger partial charge on any atom is 0.318 e. The highest BCUT2D eigenvalue weighted by molar-refractivity contribution is 5.74. The molecule has 1 fully saturated rings. The lowest BCUT2D eigenvalue weighted by Crippen LogP contribution is -2.47. The van der Waals surface area contributed by atoms with E-state index in [0.29, 0.717) is 13.1 Å². The molecular weight excluding hydrogens is 270 g/mol. The van der Waals surface area contributed by atoms with E-state index >= 15 is 0 Å². The first-order valence-corrected chi connectivity index (χ1v) is 7.12. The topological polar surface area (TPSA) is 72.3 Å². The SMILES string of the molecule is C#CCN(C[C@H]1CCCO1)C(=O)N[C@@H](C)Cn1cncn1. The zero-order chi connectivity index (χ0) is 15.1. The number of amides is 2. The maximum absolute atomic E-state index is 12.3. The van der Waals surface area contributed by atoms with E-state index in [-0.39, 0.29) is 24.7 Å². The third-order valence-electron chi connectivity index (χ3n) is 3.31. The predicted molar refractivity (Wildman–Crippen MR) is 77.4 cm³/mol. The zero-order valence-electron chi connectivity index (χ0n) is 12.2. The Labute approximate surface area is 124 Å². The average Bonchev–Trinajstić information content (AvgIpc) is 3.11. The highest BCUT2D eigenvalue weighted by Crippen LogP contribution is 2.13. The largest absolute Gasteiger partial charge is 0.376 e. The van der Waals surface area contributed by atoms with Crippen molar-refractivity contribution in [1.82, 2.24) is 25.0 Å². The zero-order valence-corrected chi connectivity index (χ0v) is 12.2. The molecule has 0 unspecified atom stereocenters. The number of hydrogen-bond acceptors (Lipinski definition) is 4. The van der Waals surface area contributed by atoms with Crippen LogP contribution in [0.25, 0.3) is 0 Å². The van der Waals surface area contributed by atoms with Crippen LogP contribution < -0.4 is 5.32 Å². The fraction of sp³-hybridized carbons (Fsp3) is 0.643. The van der Waals surface area contributed by atoms with Crippen LogP contribution >= 0.6 is 0 Å². The van der Waals surface area contributed by atoms with Gasteiger partial charge in [0, 0.05) is 19.2 Å². The fourth-order valence-electron chi connectivity index (χ4n) is 2.32. The molecule has 1 aromatic heterocycles. The van der Waals surface area contributed by atoms with E-state index in [1.807, 2.05) is 6.92 Å². The van der Waals surface area contributed by atoms with Gasteiger partial charge in [-0.3, -0.25) is 4.68 Å². The Kier molecular flexibility index (Phi) is 5.58. The van der Waals surface area contributed by atoms with Gasteiger partial charge in [0.1, 0.15) is 12.7 Å². The van der Waals surface area contributed by atoms with Crippen LogP contribution in [-0.2, 0) is 11.3 Å². The van der Waals surface area contributed by atoms with E-state index in [0.717, 1.165) is 19.4 Å². The fourth-order valence-corrected chi connectivity index (χ4v) is 2.32. The molecule has 0 bridgehead atoms. The number of urea groups is 1. The van der Waals surface area contributed by atoms with E-state index < -0.39 is 0 Å². The molecule has 1 aliphatic rings. The molecule has 0 spiro atoms. The van der Waals surface area contributed by atoms with Gasteiger partial charge in [-0.05, 0) is 19.8 Å². The quantitative estimate of drug-likeness (QED) is 0.774. The lowest BCUT2D eigenvalue weighted by Gasteiger charge is -2.25. The monoisotopic (exact) mass is 291 g/mol. The van der Waals surface area contributed by atoms with Crippen molar-refractivity contribution >= 4 is 6.03 Å². The Morgan fingerprint density at radius 2 is 2.57 bits per heavy atom. The summed E-state index contributed by atoms with van der Waals surface area (Å²) in [4.78, 5) is 17.8. The minimum atomic E-state index is -0.170. The van der Waals surface area contributed by atoms with Gasteiger partial charge in [-0.2, -0.15) is 5.10 Å². The summed E-state index contributed by atoms with van der Waals surface area (Å²) in [6.45, 7) is 4.06. The second-order valence-electron chi connectivity index (χ2n) is 5.19. The lowest BCUT2D eigenvalue weighted by atomic mass is 10.2. The van der Waals surface area contributed by atoms with Crippen molar-refractivity contribution in [2.45, 2.75) is 38.5 Å². The molecule has 21 heavy (non-hydrogen) atoms. The number of aromatic nitrogens is 3. The van der Waals surface area contributed by atoms with Crippen LogP contribution in [0.5, 0.6) is 0 Å². The molecule has 0 saturated carbocycles. The van der Waals surface area contributed by atoms with Gasteiger partial charge in [0.15, 0.2) is 0 Å². The van der Waals surface area contributed by atoms with Gasteiger partial charge in [0.05, 0.1) is 19.2 Å². The Bertz CT molecular complexity index is 476. The number of ether oxygens (including phenoxy) is 1. The van der Waals surface area contributed by atoms with E-state index in [1.54, 1.807) is 15.9 Å². The molecule has 1 aliphatic heterocycles. The number of rotatable bonds is 6. The van der Waals surface area contributed by atoms with Gasteiger partial charge >= 0.3 is 6.03 Å². The number of hydrogen-bond donors (Lipinski definition) is 1. The summed E-state index contributed by atoms with van der Waals surface area (Å²) < 4.78 is 7.23. The molecule has 2 atom stereocenters. The van der Waals surface area contributed by atoms with Crippen LogP contribution in [0, 0.1) is 12.3 Å². The van der Waals surface area contributed by atoms with E-state index in [9.17, 15) is 4.79 Å². The summed E-state index contributed by atoms with van der Waals surface area (Å²) >= 11 is 0.